The van der Waals surface area contributed by atoms with Crippen molar-refractivity contribution in [3.63, 3.8) is 0 Å². The first-order chi connectivity index (χ1) is 25.5. The van der Waals surface area contributed by atoms with E-state index in [4.69, 9.17) is 18.9 Å². The van der Waals surface area contributed by atoms with Gasteiger partial charge < -0.3 is 48.3 Å². The second-order valence-electron chi connectivity index (χ2n) is 14.6. The Balaban J connectivity index is 1.96. The van der Waals surface area contributed by atoms with Gasteiger partial charge in [0, 0.05) is 77.6 Å². The minimum Gasteiger partial charge on any atom is -0.465 e. The molecule has 2 aliphatic rings. The van der Waals surface area contributed by atoms with E-state index in [0.717, 1.165) is 129 Å². The minimum atomic E-state index is -1.33. The average Bonchev–Trinajstić information content (AvgIpc) is 3.16. The van der Waals surface area contributed by atoms with Crippen LogP contribution in [0.4, 0.5) is 0 Å². The molecule has 14 heteroatoms. The highest BCUT2D eigenvalue weighted by atomic mass is 16.6. The first-order valence-corrected chi connectivity index (χ1v) is 19.7. The summed E-state index contributed by atoms with van der Waals surface area (Å²) in [4.78, 5) is 64.6. The van der Waals surface area contributed by atoms with Crippen LogP contribution in [0.2, 0.25) is 0 Å². The number of piperazine rings is 2. The standard InChI is InChI=1S/C39H70N6O8/c1-7-15-42(17-11-19-44-27-23-40(5)24-28-44)21-13-37(48)52-33-39(31-50-35(46)9-3,32-51-36(47)10-4)34-53-38(49)14-22-43(16-8-2)18-12-20-45-29-25-41(6)26-30-45/h9-10H,3-4,7-8,11-34H2,1-2,5-6H3. The Labute approximate surface area is 319 Å². The van der Waals surface area contributed by atoms with Gasteiger partial charge in [-0.05, 0) is 79.0 Å². The van der Waals surface area contributed by atoms with Crippen molar-refractivity contribution in [2.24, 2.45) is 5.41 Å². The summed E-state index contributed by atoms with van der Waals surface area (Å²) in [5.74, 6) is -2.31. The molecule has 53 heavy (non-hydrogen) atoms. The molecule has 0 unspecified atom stereocenters. The van der Waals surface area contributed by atoms with Gasteiger partial charge in [-0.15, -0.1) is 0 Å². The molecule has 0 aromatic rings. The van der Waals surface area contributed by atoms with Crippen LogP contribution in [0.5, 0.6) is 0 Å². The van der Waals surface area contributed by atoms with Gasteiger partial charge in [0.05, 0.1) is 12.8 Å². The maximum absolute atomic E-state index is 13.1. The number of hydrogen-bond acceptors (Lipinski definition) is 14. The molecule has 2 fully saturated rings. The summed E-state index contributed by atoms with van der Waals surface area (Å²) < 4.78 is 22.2. The van der Waals surface area contributed by atoms with Crippen LogP contribution in [0, 0.1) is 5.41 Å². The second kappa shape index (κ2) is 26.8. The Hall–Kier alpha value is -2.88. The number of nitrogens with zero attached hydrogens (tertiary/aromatic N) is 6. The highest BCUT2D eigenvalue weighted by Gasteiger charge is 2.38. The van der Waals surface area contributed by atoms with Crippen molar-refractivity contribution in [3.8, 4) is 0 Å². The van der Waals surface area contributed by atoms with Gasteiger partial charge in [-0.3, -0.25) is 9.59 Å². The molecule has 0 saturated carbocycles. The normalized spacial score (nSPS) is 16.4. The van der Waals surface area contributed by atoms with E-state index in [1.807, 2.05) is 0 Å². The lowest BCUT2D eigenvalue weighted by molar-refractivity contribution is -0.168. The van der Waals surface area contributed by atoms with E-state index in [2.05, 4.69) is 70.5 Å². The summed E-state index contributed by atoms with van der Waals surface area (Å²) in [5, 5.41) is 0. The van der Waals surface area contributed by atoms with E-state index >= 15 is 0 Å². The van der Waals surface area contributed by atoms with E-state index in [1.54, 1.807) is 0 Å². The van der Waals surface area contributed by atoms with Gasteiger partial charge in [-0.25, -0.2) is 9.59 Å². The maximum atomic E-state index is 13.1. The maximum Gasteiger partial charge on any atom is 0.330 e. The zero-order valence-electron chi connectivity index (χ0n) is 33.4. The number of carbonyl (C=O) groups is 4. The summed E-state index contributed by atoms with van der Waals surface area (Å²) in [6, 6.07) is 0. The van der Waals surface area contributed by atoms with Crippen molar-refractivity contribution in [2.45, 2.75) is 52.4 Å². The Kier molecular flexibility index (Phi) is 23.4. The lowest BCUT2D eigenvalue weighted by Gasteiger charge is -2.33. The number of rotatable bonds is 28. The number of ether oxygens (including phenoxy) is 4. The van der Waals surface area contributed by atoms with Crippen LogP contribution in [0.1, 0.15) is 52.4 Å². The molecule has 0 aromatic heterocycles. The summed E-state index contributed by atoms with van der Waals surface area (Å²) in [6.45, 7) is 25.2. The number of esters is 4. The predicted molar refractivity (Wildman–Crippen MR) is 206 cm³/mol. The van der Waals surface area contributed by atoms with Crippen LogP contribution < -0.4 is 0 Å². The summed E-state index contributed by atoms with van der Waals surface area (Å²) in [6.07, 6.45) is 6.30. The van der Waals surface area contributed by atoms with Crippen LogP contribution in [-0.2, 0) is 38.1 Å². The molecule has 0 amide bonds. The molecule has 0 atom stereocenters. The average molecular weight is 751 g/mol. The lowest BCUT2D eigenvalue weighted by atomic mass is 9.92. The van der Waals surface area contributed by atoms with Gasteiger partial charge in [0.2, 0.25) is 0 Å². The SMILES string of the molecule is C=CC(=O)OCC(COC(=O)C=C)(COC(=O)CCN(CCC)CCCN1CCN(C)CC1)COC(=O)CCN(CCC)CCCN1CCN(C)CC1. The molecule has 14 nitrogen and oxygen atoms in total. The summed E-state index contributed by atoms with van der Waals surface area (Å²) in [5.41, 5.74) is -1.33. The third kappa shape index (κ3) is 20.4. The van der Waals surface area contributed by atoms with Crippen molar-refractivity contribution < 1.29 is 38.1 Å². The van der Waals surface area contributed by atoms with Gasteiger partial charge >= 0.3 is 23.9 Å². The summed E-state index contributed by atoms with van der Waals surface area (Å²) >= 11 is 0. The topological polar surface area (TPSA) is 125 Å². The van der Waals surface area contributed by atoms with Crippen molar-refractivity contribution in [3.05, 3.63) is 25.3 Å². The van der Waals surface area contributed by atoms with Crippen LogP contribution in [0.15, 0.2) is 25.3 Å². The zero-order valence-corrected chi connectivity index (χ0v) is 33.4. The van der Waals surface area contributed by atoms with E-state index in [0.29, 0.717) is 13.1 Å². The third-order valence-corrected chi connectivity index (χ3v) is 9.89. The molecule has 2 aliphatic heterocycles. The van der Waals surface area contributed by atoms with Crippen LogP contribution in [0.25, 0.3) is 0 Å². The van der Waals surface area contributed by atoms with E-state index < -0.39 is 29.3 Å². The molecule has 2 heterocycles. The Morgan fingerprint density at radius 2 is 0.925 bits per heavy atom. The fourth-order valence-corrected chi connectivity index (χ4v) is 6.41. The predicted octanol–water partition coefficient (Wildman–Crippen LogP) is 2.00. The Bertz CT molecular complexity index is 1010. The van der Waals surface area contributed by atoms with Gasteiger partial charge in [0.15, 0.2) is 0 Å². The smallest absolute Gasteiger partial charge is 0.330 e. The molecule has 0 aromatic carbocycles. The molecular weight excluding hydrogens is 680 g/mol. The van der Waals surface area contributed by atoms with Gasteiger partial charge in [-0.1, -0.05) is 27.0 Å². The fourth-order valence-electron chi connectivity index (χ4n) is 6.41. The molecule has 2 rings (SSSR count). The lowest BCUT2D eigenvalue weighted by Crippen LogP contribution is -2.45. The Morgan fingerprint density at radius 1 is 0.566 bits per heavy atom. The van der Waals surface area contributed by atoms with Gasteiger partial charge in [0.25, 0.3) is 0 Å². The fraction of sp³-hybridized carbons (Fsp3) is 0.795. The minimum absolute atomic E-state index is 0.158. The van der Waals surface area contributed by atoms with Crippen molar-refractivity contribution >= 4 is 23.9 Å². The van der Waals surface area contributed by atoms with E-state index in [9.17, 15) is 19.2 Å². The molecule has 0 bridgehead atoms. The third-order valence-electron chi connectivity index (χ3n) is 9.89. The first-order valence-electron chi connectivity index (χ1n) is 19.7. The summed E-state index contributed by atoms with van der Waals surface area (Å²) in [7, 11) is 4.30. The Morgan fingerprint density at radius 3 is 1.26 bits per heavy atom. The number of carbonyl (C=O) groups excluding carboxylic acids is 4. The molecular formula is C39H70N6O8. The van der Waals surface area contributed by atoms with Crippen molar-refractivity contribution in [1.29, 1.82) is 0 Å². The molecule has 0 aliphatic carbocycles. The molecule has 2 saturated heterocycles. The first kappa shape index (κ1) is 46.3. The second-order valence-corrected chi connectivity index (χ2v) is 14.6. The van der Waals surface area contributed by atoms with Crippen LogP contribution in [-0.4, -0.2) is 199 Å². The van der Waals surface area contributed by atoms with E-state index in [-0.39, 0.29) is 39.3 Å². The van der Waals surface area contributed by atoms with Gasteiger partial charge in [-0.2, -0.15) is 0 Å². The zero-order chi connectivity index (χ0) is 38.9. The van der Waals surface area contributed by atoms with Crippen molar-refractivity contribution in [2.75, 3.05) is 145 Å². The quantitative estimate of drug-likeness (QED) is 0.0658. The van der Waals surface area contributed by atoms with E-state index in [1.165, 1.54) is 0 Å². The molecule has 304 valence electrons. The largest absolute Gasteiger partial charge is 0.465 e. The highest BCUT2D eigenvalue weighted by Crippen LogP contribution is 2.22. The number of likely N-dealkylation sites (N-methyl/N-ethyl adjacent to an activating group) is 2. The number of hydrogen-bond donors (Lipinski definition) is 0. The molecule has 0 radical (unpaired) electrons. The van der Waals surface area contributed by atoms with Crippen molar-refractivity contribution in [1.82, 2.24) is 29.4 Å². The molecule has 0 spiro atoms. The van der Waals surface area contributed by atoms with Crippen LogP contribution in [0.3, 0.4) is 0 Å². The molecule has 0 N–H and O–H groups in total. The van der Waals surface area contributed by atoms with Crippen LogP contribution >= 0.6 is 0 Å². The monoisotopic (exact) mass is 751 g/mol. The van der Waals surface area contributed by atoms with Gasteiger partial charge in [0.1, 0.15) is 31.8 Å². The highest BCUT2D eigenvalue weighted by molar-refractivity contribution is 5.81.